The van der Waals surface area contributed by atoms with Crippen LogP contribution in [0.3, 0.4) is 0 Å². The van der Waals surface area contributed by atoms with Gasteiger partial charge in [0.25, 0.3) is 0 Å². The summed E-state index contributed by atoms with van der Waals surface area (Å²) in [6.45, 7) is 7.91. The third kappa shape index (κ3) is 9.43. The third-order valence-corrected chi connectivity index (χ3v) is 4.03. The largest absolute Gasteiger partial charge is 0.480 e. The number of nitrogens with one attached hydrogen (secondary N) is 1. The van der Waals surface area contributed by atoms with E-state index in [1.807, 2.05) is 50.2 Å². The van der Waals surface area contributed by atoms with Crippen molar-refractivity contribution < 1.29 is 14.1 Å². The average Bonchev–Trinajstić information content (AvgIpc) is 2.63. The Morgan fingerprint density at radius 3 is 1.80 bits per heavy atom. The fourth-order valence-electron chi connectivity index (χ4n) is 1.64. The molecule has 2 aromatic rings. The van der Waals surface area contributed by atoms with Crippen molar-refractivity contribution >= 4 is 29.6 Å². The Balaban J connectivity index is 0.00000104. The second-order valence-corrected chi connectivity index (χ2v) is 6.58. The van der Waals surface area contributed by atoms with E-state index in [9.17, 15) is 9.00 Å². The van der Waals surface area contributed by atoms with E-state index in [1.54, 1.807) is 12.1 Å². The fourth-order valence-corrected chi connectivity index (χ4v) is 2.59. The molecule has 0 amide bonds. The second kappa shape index (κ2) is 13.6. The molecule has 0 aromatic heterocycles. The Labute approximate surface area is 158 Å². The van der Waals surface area contributed by atoms with E-state index in [1.165, 1.54) is 6.42 Å². The molecule has 1 atom stereocenters. The summed E-state index contributed by atoms with van der Waals surface area (Å²) >= 11 is 4.23. The van der Waals surface area contributed by atoms with Crippen LogP contribution >= 0.6 is 12.6 Å². The van der Waals surface area contributed by atoms with Crippen LogP contribution in [0.1, 0.15) is 34.1 Å². The Kier molecular flexibility index (Phi) is 12.7. The van der Waals surface area contributed by atoms with Gasteiger partial charge in [-0.25, -0.2) is 8.93 Å². The van der Waals surface area contributed by atoms with Crippen molar-refractivity contribution in [2.45, 2.75) is 43.9 Å². The monoisotopic (exact) mass is 381 g/mol. The van der Waals surface area contributed by atoms with Crippen LogP contribution in [0.25, 0.3) is 11.1 Å². The van der Waals surface area contributed by atoms with Gasteiger partial charge in [0.15, 0.2) is 0 Å². The molecular weight excluding hydrogens is 354 g/mol. The topological polar surface area (TPSA) is 66.4 Å². The number of benzene rings is 2. The molecule has 0 bridgehead atoms. The molecule has 0 saturated heterocycles. The van der Waals surface area contributed by atoms with Crippen molar-refractivity contribution in [3.05, 3.63) is 48.5 Å². The molecule has 0 aliphatic heterocycles. The van der Waals surface area contributed by atoms with Crippen molar-refractivity contribution in [1.82, 2.24) is 4.72 Å². The number of hydrogen-bond acceptors (Lipinski definition) is 3. The maximum absolute atomic E-state index is 11.8. The maximum Gasteiger partial charge on any atom is 0.318 e. The van der Waals surface area contributed by atoms with E-state index in [4.69, 9.17) is 5.11 Å². The molecule has 0 aliphatic rings. The maximum atomic E-state index is 11.8. The van der Waals surface area contributed by atoms with Gasteiger partial charge >= 0.3 is 5.97 Å². The van der Waals surface area contributed by atoms with Gasteiger partial charge in [-0.3, -0.25) is 4.79 Å². The van der Waals surface area contributed by atoms with Crippen LogP contribution < -0.4 is 4.72 Å². The number of carbonyl (C=O) groups is 1. The lowest BCUT2D eigenvalue weighted by molar-refractivity contribution is -0.135. The minimum Gasteiger partial charge on any atom is -0.480 e. The first kappa shape index (κ1) is 23.4. The number of carboxylic acid groups (broad SMARTS) is 1. The molecule has 6 heteroatoms. The number of rotatable bonds is 5. The van der Waals surface area contributed by atoms with E-state index in [0.717, 1.165) is 16.0 Å². The average molecular weight is 382 g/mol. The molecule has 1 unspecified atom stereocenters. The highest BCUT2D eigenvalue weighted by atomic mass is 32.2. The molecule has 2 N–H and O–H groups in total. The van der Waals surface area contributed by atoms with Gasteiger partial charge in [0.1, 0.15) is 17.5 Å². The Bertz CT molecular complexity index is 641. The Morgan fingerprint density at radius 1 is 1.00 bits per heavy atom. The minimum absolute atomic E-state index is 0.336. The molecule has 138 valence electrons. The molecule has 0 fully saturated rings. The summed E-state index contributed by atoms with van der Waals surface area (Å²) in [5.41, 5.74) is 2.04. The lowest BCUT2D eigenvalue weighted by Gasteiger charge is -2.05. The van der Waals surface area contributed by atoms with Gasteiger partial charge in [-0.05, 0) is 35.4 Å². The predicted octanol–water partition coefficient (Wildman–Crippen LogP) is 4.78. The molecule has 2 aromatic carbocycles. The quantitative estimate of drug-likeness (QED) is 0.653. The van der Waals surface area contributed by atoms with Crippen molar-refractivity contribution in [3.63, 3.8) is 0 Å². The van der Waals surface area contributed by atoms with E-state index in [0.29, 0.717) is 4.90 Å². The van der Waals surface area contributed by atoms with E-state index in [2.05, 4.69) is 31.2 Å². The summed E-state index contributed by atoms with van der Waals surface area (Å²) in [5.74, 6) is -1.04. The van der Waals surface area contributed by atoms with Gasteiger partial charge in [0.2, 0.25) is 0 Å². The van der Waals surface area contributed by atoms with Crippen molar-refractivity contribution in [3.8, 4) is 11.1 Å². The molecule has 4 nitrogen and oxygen atoms in total. The van der Waals surface area contributed by atoms with E-state index in [-0.39, 0.29) is 6.54 Å². The van der Waals surface area contributed by atoms with Crippen LogP contribution in [0.4, 0.5) is 0 Å². The molecule has 0 radical (unpaired) electrons. The minimum atomic E-state index is -1.52. The van der Waals surface area contributed by atoms with Gasteiger partial charge in [0.05, 0.1) is 4.90 Å². The van der Waals surface area contributed by atoms with Gasteiger partial charge in [0, 0.05) is 4.90 Å². The number of hydrogen-bond donors (Lipinski definition) is 3. The first-order chi connectivity index (χ1) is 12.0. The third-order valence-electron chi connectivity index (χ3n) is 2.62. The number of aliphatic carboxylic acids is 1. The molecule has 0 heterocycles. The van der Waals surface area contributed by atoms with Gasteiger partial charge in [-0.15, -0.1) is 12.6 Å². The molecule has 0 spiro atoms. The van der Waals surface area contributed by atoms with Crippen LogP contribution in [-0.4, -0.2) is 21.8 Å². The zero-order chi connectivity index (χ0) is 19.2. The summed E-state index contributed by atoms with van der Waals surface area (Å²) in [6, 6.07) is 14.8. The fraction of sp³-hybridized carbons (Fsp3) is 0.316. The Morgan fingerprint density at radius 2 is 1.40 bits per heavy atom. The molecule has 2 rings (SSSR count). The molecule has 0 aliphatic carbocycles. The normalized spacial score (nSPS) is 10.6. The first-order valence-corrected chi connectivity index (χ1v) is 9.84. The van der Waals surface area contributed by atoms with Crippen molar-refractivity contribution in [2.24, 2.45) is 0 Å². The highest BCUT2D eigenvalue weighted by Crippen LogP contribution is 2.21. The Hall–Kier alpha value is -1.63. The molecule has 25 heavy (non-hydrogen) atoms. The van der Waals surface area contributed by atoms with Crippen LogP contribution in [0.5, 0.6) is 0 Å². The number of carboxylic acids is 1. The van der Waals surface area contributed by atoms with Crippen LogP contribution in [0, 0.1) is 0 Å². The summed E-state index contributed by atoms with van der Waals surface area (Å²) < 4.78 is 14.2. The standard InChI is InChI=1S/C14H13NO3S2.C3H8.C2H6/c16-14(17)9-15-20(18)13-7-3-11(4-8-13)10-1-5-12(19)6-2-10;1-3-2;1-2/h1-8,15,19H,9H2,(H,16,17);3H2,1-2H3;1-2H3. The summed E-state index contributed by atoms with van der Waals surface area (Å²) in [5, 5.41) is 8.52. The van der Waals surface area contributed by atoms with Gasteiger partial charge in [-0.2, -0.15) is 0 Å². The van der Waals surface area contributed by atoms with Crippen LogP contribution in [0.15, 0.2) is 58.3 Å². The van der Waals surface area contributed by atoms with Gasteiger partial charge in [-0.1, -0.05) is 58.4 Å². The van der Waals surface area contributed by atoms with E-state index >= 15 is 0 Å². The zero-order valence-electron chi connectivity index (χ0n) is 15.2. The summed E-state index contributed by atoms with van der Waals surface area (Å²) in [6.07, 6.45) is 1.25. The molecular formula is C19H27NO3S2. The summed E-state index contributed by atoms with van der Waals surface area (Å²) in [7, 11) is -1.52. The van der Waals surface area contributed by atoms with Crippen LogP contribution in [-0.2, 0) is 15.8 Å². The first-order valence-electron chi connectivity index (χ1n) is 8.24. The van der Waals surface area contributed by atoms with Crippen molar-refractivity contribution in [2.75, 3.05) is 6.54 Å². The lowest BCUT2D eigenvalue weighted by Crippen LogP contribution is -2.24. The zero-order valence-corrected chi connectivity index (χ0v) is 16.9. The van der Waals surface area contributed by atoms with Crippen LogP contribution in [0.2, 0.25) is 0 Å². The van der Waals surface area contributed by atoms with E-state index < -0.39 is 17.0 Å². The molecule has 0 saturated carbocycles. The van der Waals surface area contributed by atoms with Gasteiger partial charge < -0.3 is 5.11 Å². The number of thiol groups is 1. The van der Waals surface area contributed by atoms with Crippen molar-refractivity contribution in [1.29, 1.82) is 0 Å². The SMILES string of the molecule is CC.CCC.O=C(O)CNS(=O)c1ccc(-c2ccc(S)cc2)cc1. The summed E-state index contributed by atoms with van der Waals surface area (Å²) in [4.78, 5) is 11.8. The highest BCUT2D eigenvalue weighted by molar-refractivity contribution is 7.83. The highest BCUT2D eigenvalue weighted by Gasteiger charge is 2.06. The lowest BCUT2D eigenvalue weighted by atomic mass is 10.1. The smallest absolute Gasteiger partial charge is 0.318 e. The predicted molar refractivity (Wildman–Crippen MR) is 108 cm³/mol. The second-order valence-electron chi connectivity index (χ2n) is 4.76.